The van der Waals surface area contributed by atoms with E-state index >= 15 is 0 Å². The van der Waals surface area contributed by atoms with Crippen LogP contribution in [0.4, 0.5) is 0 Å². The maximum absolute atomic E-state index is 9.08. The Kier molecular flexibility index (Phi) is 3.88. The molecule has 1 aliphatic rings. The molecule has 1 aliphatic carbocycles. The fraction of sp³-hybridized carbons (Fsp3) is 0.533. The van der Waals surface area contributed by atoms with Gasteiger partial charge in [-0.1, -0.05) is 31.4 Å². The highest BCUT2D eigenvalue weighted by atomic mass is 16.5. The Hall–Kier alpha value is -1.53. The van der Waals surface area contributed by atoms with Crippen LogP contribution in [0.25, 0.3) is 0 Å². The van der Waals surface area contributed by atoms with E-state index in [0.29, 0.717) is 17.9 Å². The second-order valence-electron chi connectivity index (χ2n) is 5.28. The Balaban J connectivity index is 2.08. The van der Waals surface area contributed by atoms with Crippen molar-refractivity contribution in [3.8, 4) is 11.8 Å². The zero-order valence-electron chi connectivity index (χ0n) is 10.9. The molecule has 1 aromatic rings. The van der Waals surface area contributed by atoms with Crippen molar-refractivity contribution in [2.45, 2.75) is 44.6 Å². The zero-order chi connectivity index (χ0) is 13.0. The molecule has 2 rings (SSSR count). The van der Waals surface area contributed by atoms with E-state index in [4.69, 9.17) is 15.7 Å². The number of rotatable bonds is 3. The van der Waals surface area contributed by atoms with Crippen LogP contribution in [0.15, 0.2) is 18.2 Å². The van der Waals surface area contributed by atoms with E-state index in [9.17, 15) is 0 Å². The van der Waals surface area contributed by atoms with Crippen LogP contribution < -0.4 is 10.5 Å². The summed E-state index contributed by atoms with van der Waals surface area (Å²) in [6.45, 7) is 2.47. The van der Waals surface area contributed by atoms with Gasteiger partial charge < -0.3 is 10.5 Å². The monoisotopic (exact) mass is 244 g/mol. The van der Waals surface area contributed by atoms with Crippen LogP contribution in [0, 0.1) is 18.3 Å². The molecular weight excluding hydrogens is 224 g/mol. The van der Waals surface area contributed by atoms with Gasteiger partial charge in [0.05, 0.1) is 11.1 Å². The van der Waals surface area contributed by atoms with Crippen molar-refractivity contribution in [2.75, 3.05) is 6.61 Å². The third-order valence-electron chi connectivity index (χ3n) is 3.69. The molecule has 1 saturated carbocycles. The Labute approximate surface area is 109 Å². The summed E-state index contributed by atoms with van der Waals surface area (Å²) in [6, 6.07) is 7.79. The van der Waals surface area contributed by atoms with Crippen molar-refractivity contribution in [3.63, 3.8) is 0 Å². The molecule has 0 amide bonds. The van der Waals surface area contributed by atoms with Gasteiger partial charge in [0, 0.05) is 0 Å². The number of hydrogen-bond donors (Lipinski definition) is 1. The van der Waals surface area contributed by atoms with Gasteiger partial charge in [0.25, 0.3) is 0 Å². The second kappa shape index (κ2) is 5.41. The number of aryl methyl sites for hydroxylation is 1. The summed E-state index contributed by atoms with van der Waals surface area (Å²) in [6.07, 6.45) is 5.66. The molecule has 0 radical (unpaired) electrons. The van der Waals surface area contributed by atoms with Crippen molar-refractivity contribution in [1.82, 2.24) is 0 Å². The van der Waals surface area contributed by atoms with Crippen molar-refractivity contribution in [3.05, 3.63) is 29.3 Å². The van der Waals surface area contributed by atoms with E-state index in [1.165, 1.54) is 19.3 Å². The lowest BCUT2D eigenvalue weighted by Crippen LogP contribution is -2.47. The highest BCUT2D eigenvalue weighted by Crippen LogP contribution is 2.29. The summed E-state index contributed by atoms with van der Waals surface area (Å²) < 4.78 is 5.85. The fourth-order valence-corrected chi connectivity index (χ4v) is 2.55. The molecule has 0 bridgehead atoms. The number of nitriles is 1. The van der Waals surface area contributed by atoms with E-state index in [-0.39, 0.29) is 5.54 Å². The SMILES string of the molecule is Cc1cccc(C#N)c1OCC1(N)CCCCC1. The number of benzene rings is 1. The van der Waals surface area contributed by atoms with Gasteiger partial charge in [-0.05, 0) is 31.4 Å². The van der Waals surface area contributed by atoms with Crippen LogP contribution in [0.3, 0.4) is 0 Å². The minimum atomic E-state index is -0.215. The average Bonchev–Trinajstić information content (AvgIpc) is 2.38. The number of nitrogens with zero attached hydrogens (tertiary/aromatic N) is 1. The summed E-state index contributed by atoms with van der Waals surface area (Å²) in [4.78, 5) is 0. The number of nitrogens with two attached hydrogens (primary N) is 1. The van der Waals surface area contributed by atoms with Gasteiger partial charge in [-0.15, -0.1) is 0 Å². The predicted octanol–water partition coefficient (Wildman–Crippen LogP) is 2.91. The Bertz CT molecular complexity index is 456. The van der Waals surface area contributed by atoms with E-state index in [0.717, 1.165) is 18.4 Å². The molecule has 1 fully saturated rings. The summed E-state index contributed by atoms with van der Waals surface area (Å²) in [5, 5.41) is 9.08. The number of hydrogen-bond acceptors (Lipinski definition) is 3. The molecule has 96 valence electrons. The highest BCUT2D eigenvalue weighted by Gasteiger charge is 2.28. The summed E-state index contributed by atoms with van der Waals surface area (Å²) >= 11 is 0. The molecule has 0 aliphatic heterocycles. The van der Waals surface area contributed by atoms with Crippen molar-refractivity contribution in [1.29, 1.82) is 5.26 Å². The second-order valence-corrected chi connectivity index (χ2v) is 5.28. The highest BCUT2D eigenvalue weighted by molar-refractivity contribution is 5.47. The maximum Gasteiger partial charge on any atom is 0.140 e. The molecule has 0 aromatic heterocycles. The molecule has 0 heterocycles. The molecule has 3 nitrogen and oxygen atoms in total. The molecule has 18 heavy (non-hydrogen) atoms. The van der Waals surface area contributed by atoms with Crippen LogP contribution >= 0.6 is 0 Å². The molecule has 0 spiro atoms. The summed E-state index contributed by atoms with van der Waals surface area (Å²) in [5.41, 5.74) is 7.71. The van der Waals surface area contributed by atoms with E-state index < -0.39 is 0 Å². The van der Waals surface area contributed by atoms with Crippen molar-refractivity contribution >= 4 is 0 Å². The van der Waals surface area contributed by atoms with Gasteiger partial charge in [-0.3, -0.25) is 0 Å². The van der Waals surface area contributed by atoms with Gasteiger partial charge in [-0.2, -0.15) is 5.26 Å². The van der Waals surface area contributed by atoms with Gasteiger partial charge in [0.15, 0.2) is 0 Å². The van der Waals surface area contributed by atoms with Crippen LogP contribution in [0.2, 0.25) is 0 Å². The first-order valence-electron chi connectivity index (χ1n) is 6.56. The number of ether oxygens (including phenoxy) is 1. The minimum absolute atomic E-state index is 0.215. The molecule has 2 N–H and O–H groups in total. The minimum Gasteiger partial charge on any atom is -0.490 e. The standard InChI is InChI=1S/C15H20N2O/c1-12-6-5-7-13(10-16)14(12)18-11-15(17)8-3-2-4-9-15/h5-7H,2-4,8-9,11,17H2,1H3. The van der Waals surface area contributed by atoms with Gasteiger partial charge in [-0.25, -0.2) is 0 Å². The Morgan fingerprint density at radius 1 is 1.33 bits per heavy atom. The topological polar surface area (TPSA) is 59.0 Å². The third-order valence-corrected chi connectivity index (χ3v) is 3.69. The van der Waals surface area contributed by atoms with Gasteiger partial charge in [0.1, 0.15) is 18.4 Å². The van der Waals surface area contributed by atoms with E-state index in [2.05, 4.69) is 6.07 Å². The quantitative estimate of drug-likeness (QED) is 0.889. The zero-order valence-corrected chi connectivity index (χ0v) is 10.9. The van der Waals surface area contributed by atoms with E-state index in [1.807, 2.05) is 19.1 Å². The summed E-state index contributed by atoms with van der Waals surface area (Å²) in [5.74, 6) is 0.690. The van der Waals surface area contributed by atoms with Gasteiger partial charge >= 0.3 is 0 Å². The molecule has 0 saturated heterocycles. The van der Waals surface area contributed by atoms with Crippen molar-refractivity contribution in [2.24, 2.45) is 5.73 Å². The Morgan fingerprint density at radius 2 is 2.06 bits per heavy atom. The molecule has 1 aromatic carbocycles. The first-order valence-corrected chi connectivity index (χ1v) is 6.56. The molecule has 0 unspecified atom stereocenters. The largest absolute Gasteiger partial charge is 0.490 e. The molecule has 3 heteroatoms. The number of para-hydroxylation sites is 1. The van der Waals surface area contributed by atoms with Crippen LogP contribution in [-0.4, -0.2) is 12.1 Å². The smallest absolute Gasteiger partial charge is 0.140 e. The first kappa shape index (κ1) is 12.9. The Morgan fingerprint density at radius 3 is 2.72 bits per heavy atom. The normalized spacial score (nSPS) is 18.1. The third kappa shape index (κ3) is 2.83. The average molecular weight is 244 g/mol. The molecule has 0 atom stereocenters. The van der Waals surface area contributed by atoms with Crippen molar-refractivity contribution < 1.29 is 4.74 Å². The lowest BCUT2D eigenvalue weighted by atomic mass is 9.83. The lowest BCUT2D eigenvalue weighted by molar-refractivity contribution is 0.172. The van der Waals surface area contributed by atoms with Crippen LogP contribution in [0.5, 0.6) is 5.75 Å². The maximum atomic E-state index is 9.08. The fourth-order valence-electron chi connectivity index (χ4n) is 2.55. The first-order chi connectivity index (χ1) is 8.64. The lowest BCUT2D eigenvalue weighted by Gasteiger charge is -2.33. The van der Waals surface area contributed by atoms with Crippen LogP contribution in [0.1, 0.15) is 43.2 Å². The van der Waals surface area contributed by atoms with Crippen LogP contribution in [-0.2, 0) is 0 Å². The van der Waals surface area contributed by atoms with Gasteiger partial charge in [0.2, 0.25) is 0 Å². The molecular formula is C15H20N2O. The van der Waals surface area contributed by atoms with E-state index in [1.54, 1.807) is 6.07 Å². The predicted molar refractivity (Wildman–Crippen MR) is 71.4 cm³/mol. The summed E-state index contributed by atoms with van der Waals surface area (Å²) in [7, 11) is 0.